The molecule has 2 N–H and O–H groups in total. The van der Waals surface area contributed by atoms with Crippen molar-refractivity contribution in [1.29, 1.82) is 0 Å². The van der Waals surface area contributed by atoms with Crippen LogP contribution >= 0.6 is 11.3 Å². The number of fused-ring (bicyclic) bond motifs is 1. The number of H-pyrrole nitrogens is 1. The molecule has 112 valence electrons. The molecule has 6 nitrogen and oxygen atoms in total. The molecule has 0 aliphatic carbocycles. The van der Waals surface area contributed by atoms with E-state index in [2.05, 4.69) is 10.3 Å². The van der Waals surface area contributed by atoms with Gasteiger partial charge in [-0.2, -0.15) is 0 Å². The normalized spacial score (nSPS) is 10.8. The number of amides is 1. The highest BCUT2D eigenvalue weighted by atomic mass is 32.1. The standard InChI is InChI=1S/C15H13N3O3S/c1-9-2-4-10(5-3-9)16-12(19)8-18-14(20)13-11(6-7-22-13)17-15(18)21/h2-7H,8H2,1H3,(H,16,19)(H,17,21). The summed E-state index contributed by atoms with van der Waals surface area (Å²) >= 11 is 1.23. The number of carbonyl (C=O) groups excluding carboxylic acids is 1. The topological polar surface area (TPSA) is 84.0 Å². The number of nitrogens with zero attached hydrogens (tertiary/aromatic N) is 1. The Morgan fingerprint density at radius 2 is 1.95 bits per heavy atom. The third kappa shape index (κ3) is 2.71. The number of rotatable bonds is 3. The van der Waals surface area contributed by atoms with Crippen LogP contribution in [0, 0.1) is 6.92 Å². The number of thiophene rings is 1. The molecule has 0 aliphatic rings. The van der Waals surface area contributed by atoms with Crippen molar-refractivity contribution in [3.63, 3.8) is 0 Å². The molecule has 0 aliphatic heterocycles. The summed E-state index contributed by atoms with van der Waals surface area (Å²) in [5.41, 5.74) is 1.16. The Kier molecular flexibility index (Phi) is 3.64. The smallest absolute Gasteiger partial charge is 0.325 e. The number of benzene rings is 1. The van der Waals surface area contributed by atoms with Crippen LogP contribution in [0.3, 0.4) is 0 Å². The van der Waals surface area contributed by atoms with Crippen molar-refractivity contribution in [3.05, 3.63) is 62.1 Å². The Morgan fingerprint density at radius 3 is 2.68 bits per heavy atom. The maximum atomic E-state index is 12.2. The summed E-state index contributed by atoms with van der Waals surface area (Å²) in [7, 11) is 0. The predicted octanol–water partition coefficient (Wildman–Crippen LogP) is 1.70. The van der Waals surface area contributed by atoms with E-state index in [1.165, 1.54) is 11.3 Å². The third-order valence-corrected chi connectivity index (χ3v) is 4.13. The number of aromatic nitrogens is 2. The molecule has 7 heteroatoms. The zero-order chi connectivity index (χ0) is 15.7. The SMILES string of the molecule is Cc1ccc(NC(=O)Cn2c(=O)[nH]c3ccsc3c2=O)cc1. The molecule has 0 saturated heterocycles. The monoisotopic (exact) mass is 315 g/mol. The molecule has 0 bridgehead atoms. The van der Waals surface area contributed by atoms with Gasteiger partial charge in [0.1, 0.15) is 11.2 Å². The summed E-state index contributed by atoms with van der Waals surface area (Å²) < 4.78 is 1.34. The van der Waals surface area contributed by atoms with Crippen molar-refractivity contribution >= 4 is 33.1 Å². The summed E-state index contributed by atoms with van der Waals surface area (Å²) in [5.74, 6) is -0.424. The number of nitrogens with one attached hydrogen (secondary N) is 2. The summed E-state index contributed by atoms with van der Waals surface area (Å²) in [5, 5.41) is 4.39. The molecule has 0 spiro atoms. The largest absolute Gasteiger partial charge is 0.329 e. The second-order valence-corrected chi connectivity index (χ2v) is 5.82. The van der Waals surface area contributed by atoms with E-state index in [4.69, 9.17) is 0 Å². The molecule has 3 rings (SSSR count). The van der Waals surface area contributed by atoms with E-state index in [9.17, 15) is 14.4 Å². The van der Waals surface area contributed by atoms with Crippen molar-refractivity contribution in [3.8, 4) is 0 Å². The van der Waals surface area contributed by atoms with Gasteiger partial charge in [-0.1, -0.05) is 17.7 Å². The lowest BCUT2D eigenvalue weighted by Crippen LogP contribution is -2.38. The number of carbonyl (C=O) groups is 1. The molecule has 3 aromatic rings. The number of anilines is 1. The minimum absolute atomic E-state index is 0.324. The van der Waals surface area contributed by atoms with E-state index >= 15 is 0 Å². The van der Waals surface area contributed by atoms with Gasteiger partial charge in [0, 0.05) is 5.69 Å². The number of aromatic amines is 1. The average Bonchev–Trinajstić information content (AvgIpc) is 2.94. The van der Waals surface area contributed by atoms with E-state index in [1.807, 2.05) is 19.1 Å². The molecule has 0 fully saturated rings. The van der Waals surface area contributed by atoms with E-state index in [1.54, 1.807) is 23.6 Å². The van der Waals surface area contributed by atoms with Crippen molar-refractivity contribution < 1.29 is 4.79 Å². The molecule has 22 heavy (non-hydrogen) atoms. The fourth-order valence-corrected chi connectivity index (χ4v) is 2.89. The van der Waals surface area contributed by atoms with Gasteiger partial charge in [-0.15, -0.1) is 11.3 Å². The van der Waals surface area contributed by atoms with Gasteiger partial charge in [0.2, 0.25) is 5.91 Å². The Hall–Kier alpha value is -2.67. The van der Waals surface area contributed by atoms with Crippen LogP contribution in [-0.2, 0) is 11.3 Å². The van der Waals surface area contributed by atoms with Gasteiger partial charge >= 0.3 is 5.69 Å². The van der Waals surface area contributed by atoms with Crippen molar-refractivity contribution in [2.24, 2.45) is 0 Å². The highest BCUT2D eigenvalue weighted by Gasteiger charge is 2.12. The molecule has 0 atom stereocenters. The zero-order valence-corrected chi connectivity index (χ0v) is 12.6. The lowest BCUT2D eigenvalue weighted by atomic mass is 10.2. The van der Waals surface area contributed by atoms with E-state index in [0.717, 1.165) is 10.1 Å². The summed E-state index contributed by atoms with van der Waals surface area (Å²) in [6.45, 7) is 1.62. The van der Waals surface area contributed by atoms with Crippen LogP contribution in [0.2, 0.25) is 0 Å². The Labute approximate surface area is 129 Å². The van der Waals surface area contributed by atoms with Crippen LogP contribution in [0.25, 0.3) is 10.2 Å². The number of aryl methyl sites for hydroxylation is 1. The van der Waals surface area contributed by atoms with Crippen LogP contribution in [0.5, 0.6) is 0 Å². The molecule has 2 aromatic heterocycles. The zero-order valence-electron chi connectivity index (χ0n) is 11.8. The molecule has 0 radical (unpaired) electrons. The van der Waals surface area contributed by atoms with Crippen LogP contribution in [-0.4, -0.2) is 15.5 Å². The Balaban J connectivity index is 1.86. The van der Waals surface area contributed by atoms with Gasteiger partial charge in [0.25, 0.3) is 5.56 Å². The first-order valence-corrected chi connectivity index (χ1v) is 7.49. The van der Waals surface area contributed by atoms with Gasteiger partial charge in [-0.25, -0.2) is 9.36 Å². The third-order valence-electron chi connectivity index (χ3n) is 3.23. The quantitative estimate of drug-likeness (QED) is 0.771. The predicted molar refractivity (Wildman–Crippen MR) is 86.5 cm³/mol. The van der Waals surface area contributed by atoms with Crippen LogP contribution in [0.4, 0.5) is 5.69 Å². The van der Waals surface area contributed by atoms with Crippen LogP contribution in [0.1, 0.15) is 5.56 Å². The maximum Gasteiger partial charge on any atom is 0.329 e. The Morgan fingerprint density at radius 1 is 1.23 bits per heavy atom. The summed E-state index contributed by atoms with van der Waals surface area (Å²) in [6.07, 6.45) is 0. The van der Waals surface area contributed by atoms with Gasteiger partial charge in [-0.3, -0.25) is 9.59 Å². The highest BCUT2D eigenvalue weighted by molar-refractivity contribution is 7.17. The fraction of sp³-hybridized carbons (Fsp3) is 0.133. The van der Waals surface area contributed by atoms with Crippen LogP contribution < -0.4 is 16.6 Å². The number of hydrogen-bond donors (Lipinski definition) is 2. The summed E-state index contributed by atoms with van der Waals surface area (Å²) in [6, 6.07) is 8.93. The first kappa shape index (κ1) is 14.3. The van der Waals surface area contributed by atoms with Crippen molar-refractivity contribution in [2.75, 3.05) is 5.32 Å². The highest BCUT2D eigenvalue weighted by Crippen LogP contribution is 2.12. The van der Waals surface area contributed by atoms with Gasteiger partial charge in [0.15, 0.2) is 0 Å². The first-order chi connectivity index (χ1) is 10.5. The first-order valence-electron chi connectivity index (χ1n) is 6.61. The Bertz CT molecular complexity index is 951. The fourth-order valence-electron chi connectivity index (χ4n) is 2.10. The van der Waals surface area contributed by atoms with Gasteiger partial charge in [0.05, 0.1) is 5.52 Å². The minimum atomic E-state index is -0.588. The molecule has 1 aromatic carbocycles. The average molecular weight is 315 g/mol. The lowest BCUT2D eigenvalue weighted by Gasteiger charge is -2.07. The molecule has 0 unspecified atom stereocenters. The lowest BCUT2D eigenvalue weighted by molar-refractivity contribution is -0.116. The molecule has 0 saturated carbocycles. The molecular formula is C15H13N3O3S. The molecule has 1 amide bonds. The van der Waals surface area contributed by atoms with Gasteiger partial charge < -0.3 is 10.3 Å². The van der Waals surface area contributed by atoms with Crippen LogP contribution in [0.15, 0.2) is 45.3 Å². The second-order valence-electron chi connectivity index (χ2n) is 4.90. The molecular weight excluding hydrogens is 302 g/mol. The van der Waals surface area contributed by atoms with E-state index in [0.29, 0.717) is 15.9 Å². The summed E-state index contributed by atoms with van der Waals surface area (Å²) in [4.78, 5) is 38.8. The minimum Gasteiger partial charge on any atom is -0.325 e. The number of hydrogen-bond acceptors (Lipinski definition) is 4. The van der Waals surface area contributed by atoms with Crippen molar-refractivity contribution in [1.82, 2.24) is 9.55 Å². The second kappa shape index (κ2) is 5.61. The van der Waals surface area contributed by atoms with Gasteiger partial charge in [-0.05, 0) is 30.5 Å². The van der Waals surface area contributed by atoms with E-state index < -0.39 is 17.2 Å². The maximum absolute atomic E-state index is 12.2. The molecule has 2 heterocycles. The van der Waals surface area contributed by atoms with Crippen molar-refractivity contribution in [2.45, 2.75) is 13.5 Å². The van der Waals surface area contributed by atoms with E-state index in [-0.39, 0.29) is 6.54 Å².